The average Bonchev–Trinajstić information content (AvgIpc) is 3.31. The smallest absolute Gasteiger partial charge is 0.262 e. The number of hydrogen-bond acceptors (Lipinski definition) is 5. The normalized spacial score (nSPS) is 16.9. The molecular weight excluding hydrogens is 434 g/mol. The van der Waals surface area contributed by atoms with Crippen LogP contribution >= 0.6 is 0 Å². The third-order valence-corrected chi connectivity index (χ3v) is 6.24. The molecule has 8 heteroatoms. The van der Waals surface area contributed by atoms with Crippen LogP contribution in [-0.2, 0) is 9.59 Å². The van der Waals surface area contributed by atoms with E-state index < -0.39 is 24.0 Å². The Bertz CT molecular complexity index is 841. The number of nitrogens with two attached hydrogens (primary N) is 1. The summed E-state index contributed by atoms with van der Waals surface area (Å²) < 4.78 is 0. The predicted molar refractivity (Wildman–Crippen MR) is 131 cm³/mol. The van der Waals surface area contributed by atoms with Gasteiger partial charge in [0.25, 0.3) is 5.91 Å². The summed E-state index contributed by atoms with van der Waals surface area (Å²) in [4.78, 5) is 38.4. The Hall–Kier alpha value is -2.87. The van der Waals surface area contributed by atoms with Gasteiger partial charge in [-0.1, -0.05) is 70.1 Å². The summed E-state index contributed by atoms with van der Waals surface area (Å²) in [5.41, 5.74) is 5.26. The fraction of sp³-hybridized carbons (Fsp3) is 0.577. The Labute approximate surface area is 202 Å². The molecule has 8 nitrogen and oxygen atoms in total. The van der Waals surface area contributed by atoms with Crippen molar-refractivity contribution in [1.29, 1.82) is 0 Å². The van der Waals surface area contributed by atoms with Crippen molar-refractivity contribution in [2.75, 3.05) is 0 Å². The number of carbonyl (C=O) groups is 3. The minimum atomic E-state index is -1.10. The molecule has 1 aliphatic rings. The first-order chi connectivity index (χ1) is 16.3. The van der Waals surface area contributed by atoms with E-state index in [1.54, 1.807) is 30.5 Å². The number of aliphatic hydroxyl groups excluding tert-OH is 1. The fourth-order valence-corrected chi connectivity index (χ4v) is 4.21. The van der Waals surface area contributed by atoms with E-state index in [2.05, 4.69) is 12.2 Å². The number of nitrogens with zero attached hydrogens (tertiary/aromatic N) is 1. The maximum Gasteiger partial charge on any atom is 0.262 e. The van der Waals surface area contributed by atoms with E-state index in [-0.39, 0.29) is 23.3 Å². The van der Waals surface area contributed by atoms with E-state index in [1.165, 1.54) is 11.0 Å². The van der Waals surface area contributed by atoms with E-state index in [0.29, 0.717) is 19.3 Å². The molecular formula is C26H39N3O5. The Morgan fingerprint density at radius 2 is 1.71 bits per heavy atom. The summed E-state index contributed by atoms with van der Waals surface area (Å²) in [7, 11) is 0. The largest absolute Gasteiger partial charge is 0.507 e. The molecule has 0 aliphatic carbocycles. The number of phenolic OH excluding ortho intramolecular Hbond substituents is 1. The molecule has 1 heterocycles. The van der Waals surface area contributed by atoms with E-state index in [1.807, 2.05) is 0 Å². The van der Waals surface area contributed by atoms with Crippen molar-refractivity contribution in [1.82, 2.24) is 10.2 Å². The summed E-state index contributed by atoms with van der Waals surface area (Å²) in [5.74, 6) is -1.41. The van der Waals surface area contributed by atoms with Crippen LogP contribution in [0.25, 0.3) is 0 Å². The van der Waals surface area contributed by atoms with Gasteiger partial charge in [0.05, 0.1) is 5.56 Å². The second kappa shape index (κ2) is 14.4. The van der Waals surface area contributed by atoms with E-state index >= 15 is 0 Å². The molecule has 3 amide bonds. The summed E-state index contributed by atoms with van der Waals surface area (Å²) in [6.45, 7) is 2.16. The van der Waals surface area contributed by atoms with Crippen LogP contribution in [0.1, 0.15) is 87.9 Å². The maximum atomic E-state index is 13.1. The fourth-order valence-electron chi connectivity index (χ4n) is 4.21. The lowest BCUT2D eigenvalue weighted by atomic mass is 9.99. The van der Waals surface area contributed by atoms with Gasteiger partial charge >= 0.3 is 0 Å². The molecule has 1 aromatic carbocycles. The number of rotatable bonds is 15. The Kier molecular flexibility index (Phi) is 11.6. The number of amides is 3. The standard InChI is InChI=1S/C26H39N3O5/c1-2-3-4-6-12-19(13-7-5-8-17-23(31)24(27)32)28-25(33)21-15-11-18-29(21)26(34)20-14-9-10-16-22(20)30/h9-11,14,16,18-19,21,23,30-31H,2-8,12-13,15,17H2,1H3,(H2,27,32)(H,28,33)/t19-,21?,23-/m1/s1. The Balaban J connectivity index is 1.93. The van der Waals surface area contributed by atoms with Crippen molar-refractivity contribution >= 4 is 17.7 Å². The van der Waals surface area contributed by atoms with E-state index in [0.717, 1.165) is 51.4 Å². The Morgan fingerprint density at radius 3 is 2.35 bits per heavy atom. The number of nitrogens with one attached hydrogen (secondary N) is 1. The summed E-state index contributed by atoms with van der Waals surface area (Å²) in [6.07, 6.45) is 11.5. The van der Waals surface area contributed by atoms with Crippen molar-refractivity contribution in [3.8, 4) is 5.75 Å². The van der Waals surface area contributed by atoms with Gasteiger partial charge in [-0.3, -0.25) is 14.4 Å². The maximum absolute atomic E-state index is 13.1. The third kappa shape index (κ3) is 8.48. The number of primary amides is 1. The zero-order valence-electron chi connectivity index (χ0n) is 20.1. The number of phenols is 1. The number of carbonyl (C=O) groups excluding carboxylic acids is 3. The van der Waals surface area contributed by atoms with Gasteiger partial charge in [-0.15, -0.1) is 0 Å². The highest BCUT2D eigenvalue weighted by atomic mass is 16.3. The highest BCUT2D eigenvalue weighted by molar-refractivity contribution is 6.00. The first kappa shape index (κ1) is 27.4. The van der Waals surface area contributed by atoms with Crippen LogP contribution in [-0.4, -0.2) is 51.0 Å². The number of benzene rings is 1. The van der Waals surface area contributed by atoms with Gasteiger partial charge in [-0.25, -0.2) is 0 Å². The number of aromatic hydroxyl groups is 1. The van der Waals surface area contributed by atoms with Crippen molar-refractivity contribution in [2.24, 2.45) is 5.73 Å². The molecule has 0 aromatic heterocycles. The SMILES string of the molecule is CCCCCC[C@H](CCCCC[C@@H](O)C(N)=O)NC(=O)C1CC=CN1C(=O)c1ccccc1O. The number of aliphatic hydroxyl groups is 1. The second-order valence-electron chi connectivity index (χ2n) is 8.98. The van der Waals surface area contributed by atoms with Crippen LogP contribution < -0.4 is 11.1 Å². The first-order valence-corrected chi connectivity index (χ1v) is 12.4. The highest BCUT2D eigenvalue weighted by Gasteiger charge is 2.33. The topological polar surface area (TPSA) is 133 Å². The van der Waals surface area contributed by atoms with Crippen molar-refractivity contribution < 1.29 is 24.6 Å². The molecule has 0 radical (unpaired) electrons. The van der Waals surface area contributed by atoms with Crippen LogP contribution in [0.5, 0.6) is 5.75 Å². The molecule has 1 unspecified atom stereocenters. The number of para-hydroxylation sites is 1. The zero-order valence-corrected chi connectivity index (χ0v) is 20.1. The number of unbranched alkanes of at least 4 members (excludes halogenated alkanes) is 5. The molecule has 0 bridgehead atoms. The molecule has 188 valence electrons. The minimum absolute atomic E-state index is 0.00639. The Morgan fingerprint density at radius 1 is 1.06 bits per heavy atom. The van der Waals surface area contributed by atoms with E-state index in [4.69, 9.17) is 5.73 Å². The van der Waals surface area contributed by atoms with Gasteiger partial charge in [0, 0.05) is 12.2 Å². The summed E-state index contributed by atoms with van der Waals surface area (Å²) >= 11 is 0. The van der Waals surface area contributed by atoms with Crippen molar-refractivity contribution in [3.63, 3.8) is 0 Å². The lowest BCUT2D eigenvalue weighted by molar-refractivity contribution is -0.126. The van der Waals surface area contributed by atoms with Crippen molar-refractivity contribution in [3.05, 3.63) is 42.1 Å². The van der Waals surface area contributed by atoms with Gasteiger partial charge in [0.1, 0.15) is 17.9 Å². The second-order valence-corrected chi connectivity index (χ2v) is 8.98. The van der Waals surface area contributed by atoms with Gasteiger partial charge in [-0.05, 0) is 37.8 Å². The van der Waals surface area contributed by atoms with Crippen LogP contribution in [0.4, 0.5) is 0 Å². The molecule has 5 N–H and O–H groups in total. The molecule has 0 saturated carbocycles. The van der Waals surface area contributed by atoms with Gasteiger partial charge < -0.3 is 26.2 Å². The summed E-state index contributed by atoms with van der Waals surface area (Å²) in [6, 6.07) is 5.68. The lowest BCUT2D eigenvalue weighted by Crippen LogP contribution is -2.48. The first-order valence-electron chi connectivity index (χ1n) is 12.4. The quantitative estimate of drug-likeness (QED) is 0.290. The molecule has 0 spiro atoms. The minimum Gasteiger partial charge on any atom is -0.507 e. The molecule has 3 atom stereocenters. The van der Waals surface area contributed by atoms with Gasteiger partial charge in [0.15, 0.2) is 0 Å². The van der Waals surface area contributed by atoms with Crippen LogP contribution in [0.15, 0.2) is 36.5 Å². The highest BCUT2D eigenvalue weighted by Crippen LogP contribution is 2.24. The molecule has 2 rings (SSSR count). The molecule has 0 fully saturated rings. The van der Waals surface area contributed by atoms with Crippen LogP contribution in [0.3, 0.4) is 0 Å². The molecule has 1 aromatic rings. The summed E-state index contributed by atoms with van der Waals surface area (Å²) in [5, 5.41) is 22.7. The number of hydrogen-bond donors (Lipinski definition) is 4. The lowest BCUT2D eigenvalue weighted by Gasteiger charge is -2.26. The average molecular weight is 474 g/mol. The van der Waals surface area contributed by atoms with Crippen molar-refractivity contribution in [2.45, 2.75) is 95.7 Å². The van der Waals surface area contributed by atoms with E-state index in [9.17, 15) is 24.6 Å². The van der Waals surface area contributed by atoms with Gasteiger partial charge in [0.2, 0.25) is 11.8 Å². The van der Waals surface area contributed by atoms with Crippen LogP contribution in [0, 0.1) is 0 Å². The van der Waals surface area contributed by atoms with Crippen LogP contribution in [0.2, 0.25) is 0 Å². The third-order valence-electron chi connectivity index (χ3n) is 6.24. The molecule has 34 heavy (non-hydrogen) atoms. The predicted octanol–water partition coefficient (Wildman–Crippen LogP) is 3.37. The zero-order chi connectivity index (χ0) is 24.9. The molecule has 0 saturated heterocycles. The monoisotopic (exact) mass is 473 g/mol. The molecule has 1 aliphatic heterocycles. The van der Waals surface area contributed by atoms with Gasteiger partial charge in [-0.2, -0.15) is 0 Å².